The van der Waals surface area contributed by atoms with Crippen molar-refractivity contribution in [3.63, 3.8) is 0 Å². The van der Waals surface area contributed by atoms with E-state index in [1.807, 2.05) is 0 Å². The second-order valence-electron chi connectivity index (χ2n) is 4.42. The fourth-order valence-electron chi connectivity index (χ4n) is 2.77. The van der Waals surface area contributed by atoms with Crippen molar-refractivity contribution in [1.82, 2.24) is 5.32 Å². The Morgan fingerprint density at radius 2 is 1.54 bits per heavy atom. The van der Waals surface area contributed by atoms with Crippen molar-refractivity contribution in [2.75, 3.05) is 27.3 Å². The van der Waals surface area contributed by atoms with Gasteiger partial charge in [-0.3, -0.25) is 0 Å². The summed E-state index contributed by atoms with van der Waals surface area (Å²) in [6.45, 7) is 2.31. The highest BCUT2D eigenvalue weighted by atomic mass is 16.7. The topological polar surface area (TPSA) is 30.5 Å². The average Bonchev–Trinajstić information content (AvgIpc) is 2.15. The molecule has 2 aliphatic rings. The summed E-state index contributed by atoms with van der Waals surface area (Å²) >= 11 is 0. The van der Waals surface area contributed by atoms with Gasteiger partial charge in [-0.2, -0.15) is 0 Å². The molecule has 1 N–H and O–H groups in total. The van der Waals surface area contributed by atoms with Gasteiger partial charge in [-0.1, -0.05) is 0 Å². The lowest BCUT2D eigenvalue weighted by molar-refractivity contribution is -0.300. The predicted molar refractivity (Wildman–Crippen MR) is 50.5 cm³/mol. The number of methoxy groups -OCH3 is 2. The minimum Gasteiger partial charge on any atom is -0.353 e. The summed E-state index contributed by atoms with van der Waals surface area (Å²) in [5.74, 6) is -0.253. The van der Waals surface area contributed by atoms with Crippen LogP contribution in [0, 0.1) is 5.41 Å². The van der Waals surface area contributed by atoms with E-state index in [1.54, 1.807) is 14.2 Å². The second-order valence-corrected chi connectivity index (χ2v) is 4.42. The van der Waals surface area contributed by atoms with E-state index in [1.165, 1.54) is 12.8 Å². The van der Waals surface area contributed by atoms with Crippen LogP contribution in [0.2, 0.25) is 0 Å². The van der Waals surface area contributed by atoms with Gasteiger partial charge >= 0.3 is 0 Å². The minimum absolute atomic E-state index is 0.253. The van der Waals surface area contributed by atoms with Gasteiger partial charge in [-0.25, -0.2) is 0 Å². The molecule has 13 heavy (non-hydrogen) atoms. The molecule has 2 rings (SSSR count). The van der Waals surface area contributed by atoms with Crippen LogP contribution < -0.4 is 5.32 Å². The van der Waals surface area contributed by atoms with Gasteiger partial charge in [-0.15, -0.1) is 0 Å². The number of hydrogen-bond acceptors (Lipinski definition) is 3. The Morgan fingerprint density at radius 1 is 1.00 bits per heavy atom. The molecule has 0 aromatic rings. The van der Waals surface area contributed by atoms with E-state index in [0.29, 0.717) is 5.41 Å². The number of hydrogen-bond donors (Lipinski definition) is 1. The molecule has 0 unspecified atom stereocenters. The third-order valence-electron chi connectivity index (χ3n) is 3.70. The Kier molecular flexibility index (Phi) is 2.34. The molecule has 0 aromatic carbocycles. The van der Waals surface area contributed by atoms with Crippen LogP contribution in [0.25, 0.3) is 0 Å². The summed E-state index contributed by atoms with van der Waals surface area (Å²) in [6.07, 6.45) is 4.71. The highest BCUT2D eigenvalue weighted by Crippen LogP contribution is 2.55. The van der Waals surface area contributed by atoms with Crippen LogP contribution >= 0.6 is 0 Å². The molecule has 76 valence electrons. The number of rotatable bonds is 2. The van der Waals surface area contributed by atoms with Gasteiger partial charge < -0.3 is 14.8 Å². The first-order valence-electron chi connectivity index (χ1n) is 5.05. The molecule has 1 saturated carbocycles. The fourth-order valence-corrected chi connectivity index (χ4v) is 2.77. The van der Waals surface area contributed by atoms with Crippen LogP contribution in [-0.2, 0) is 9.47 Å². The first-order valence-corrected chi connectivity index (χ1v) is 5.05. The first-order chi connectivity index (χ1) is 6.24. The molecule has 3 nitrogen and oxygen atoms in total. The smallest absolute Gasteiger partial charge is 0.168 e. The van der Waals surface area contributed by atoms with Crippen LogP contribution in [0.5, 0.6) is 0 Å². The van der Waals surface area contributed by atoms with Crippen LogP contribution in [-0.4, -0.2) is 33.1 Å². The molecule has 0 amide bonds. The standard InChI is InChI=1S/C10H19NO2/c1-12-10(13-2)7-9(8-10)3-5-11-6-4-9/h11H,3-8H2,1-2H3. The van der Waals surface area contributed by atoms with E-state index < -0.39 is 0 Å². The van der Waals surface area contributed by atoms with Crippen molar-refractivity contribution in [1.29, 1.82) is 0 Å². The monoisotopic (exact) mass is 185 g/mol. The van der Waals surface area contributed by atoms with E-state index >= 15 is 0 Å². The Balaban J connectivity index is 1.93. The molecule has 0 radical (unpaired) electrons. The Bertz CT molecular complexity index is 173. The van der Waals surface area contributed by atoms with Crippen molar-refractivity contribution in [2.45, 2.75) is 31.5 Å². The molecule has 1 aliphatic carbocycles. The summed E-state index contributed by atoms with van der Waals surface area (Å²) in [7, 11) is 3.49. The zero-order chi connectivity index (χ0) is 9.36. The molecular weight excluding hydrogens is 166 g/mol. The van der Waals surface area contributed by atoms with Crippen LogP contribution in [0.4, 0.5) is 0 Å². The minimum atomic E-state index is -0.253. The van der Waals surface area contributed by atoms with Gasteiger partial charge in [0.2, 0.25) is 0 Å². The summed E-state index contributed by atoms with van der Waals surface area (Å²) in [4.78, 5) is 0. The van der Waals surface area contributed by atoms with E-state index in [9.17, 15) is 0 Å². The van der Waals surface area contributed by atoms with Crippen molar-refractivity contribution < 1.29 is 9.47 Å². The predicted octanol–water partition coefficient (Wildman–Crippen LogP) is 1.14. The fraction of sp³-hybridized carbons (Fsp3) is 1.00. The molecule has 1 spiro atoms. The Labute approximate surface area is 79.8 Å². The molecule has 0 aromatic heterocycles. The van der Waals surface area contributed by atoms with Crippen LogP contribution in [0.3, 0.4) is 0 Å². The van der Waals surface area contributed by atoms with Crippen molar-refractivity contribution in [2.24, 2.45) is 5.41 Å². The Hall–Kier alpha value is -0.120. The largest absolute Gasteiger partial charge is 0.353 e. The van der Waals surface area contributed by atoms with Crippen molar-refractivity contribution in [3.8, 4) is 0 Å². The lowest BCUT2D eigenvalue weighted by Gasteiger charge is -2.56. The van der Waals surface area contributed by atoms with Crippen LogP contribution in [0.15, 0.2) is 0 Å². The van der Waals surface area contributed by atoms with Crippen LogP contribution in [0.1, 0.15) is 25.7 Å². The van der Waals surface area contributed by atoms with Crippen molar-refractivity contribution in [3.05, 3.63) is 0 Å². The highest BCUT2D eigenvalue weighted by molar-refractivity contribution is 5.02. The van der Waals surface area contributed by atoms with Gasteiger partial charge in [0.1, 0.15) is 0 Å². The SMILES string of the molecule is COC1(OC)CC2(CCNCC2)C1. The van der Waals surface area contributed by atoms with E-state index in [-0.39, 0.29) is 5.79 Å². The third-order valence-corrected chi connectivity index (χ3v) is 3.70. The molecule has 3 heteroatoms. The van der Waals surface area contributed by atoms with Crippen molar-refractivity contribution >= 4 is 0 Å². The summed E-state index contributed by atoms with van der Waals surface area (Å²) in [5.41, 5.74) is 0.525. The number of piperidine rings is 1. The lowest BCUT2D eigenvalue weighted by Crippen LogP contribution is -2.57. The van der Waals surface area contributed by atoms with E-state index in [4.69, 9.17) is 9.47 Å². The summed E-state index contributed by atoms with van der Waals surface area (Å²) < 4.78 is 10.8. The maximum Gasteiger partial charge on any atom is 0.168 e. The van der Waals surface area contributed by atoms with Gasteiger partial charge in [0, 0.05) is 27.1 Å². The zero-order valence-corrected chi connectivity index (χ0v) is 8.56. The number of nitrogens with one attached hydrogen (secondary N) is 1. The molecular formula is C10H19NO2. The normalized spacial score (nSPS) is 30.0. The lowest BCUT2D eigenvalue weighted by atomic mass is 9.59. The maximum atomic E-state index is 5.41. The Morgan fingerprint density at radius 3 is 2.00 bits per heavy atom. The molecule has 0 atom stereocenters. The van der Waals surface area contributed by atoms with Gasteiger partial charge in [0.15, 0.2) is 5.79 Å². The zero-order valence-electron chi connectivity index (χ0n) is 8.56. The maximum absolute atomic E-state index is 5.41. The number of ether oxygens (including phenoxy) is 2. The quantitative estimate of drug-likeness (QED) is 0.654. The molecule has 1 aliphatic heterocycles. The van der Waals surface area contributed by atoms with Gasteiger partial charge in [-0.05, 0) is 31.3 Å². The average molecular weight is 185 g/mol. The van der Waals surface area contributed by atoms with E-state index in [2.05, 4.69) is 5.32 Å². The molecule has 2 fully saturated rings. The second kappa shape index (κ2) is 3.23. The van der Waals surface area contributed by atoms with E-state index in [0.717, 1.165) is 25.9 Å². The van der Waals surface area contributed by atoms with Gasteiger partial charge in [0.25, 0.3) is 0 Å². The molecule has 1 saturated heterocycles. The molecule has 1 heterocycles. The third kappa shape index (κ3) is 1.49. The highest BCUT2D eigenvalue weighted by Gasteiger charge is 2.55. The summed E-state index contributed by atoms with van der Waals surface area (Å²) in [5, 5.41) is 3.39. The van der Waals surface area contributed by atoms with Gasteiger partial charge in [0.05, 0.1) is 0 Å². The summed E-state index contributed by atoms with van der Waals surface area (Å²) in [6, 6.07) is 0. The first kappa shape index (κ1) is 9.44. The molecule has 0 bridgehead atoms.